The Bertz CT molecular complexity index is 339. The van der Waals surface area contributed by atoms with E-state index in [1.165, 1.54) is 0 Å². The Morgan fingerprint density at radius 3 is 2.54 bits per heavy atom. The lowest BCUT2D eigenvalue weighted by Crippen LogP contribution is -2.09. The van der Waals surface area contributed by atoms with Crippen molar-refractivity contribution in [2.45, 2.75) is 6.92 Å². The summed E-state index contributed by atoms with van der Waals surface area (Å²) in [6.45, 7) is 1.99. The van der Waals surface area contributed by atoms with Gasteiger partial charge in [0.1, 0.15) is 5.75 Å². The van der Waals surface area contributed by atoms with E-state index in [4.69, 9.17) is 10.00 Å². The Kier molecular flexibility index (Phi) is 2.76. The molecule has 0 bridgehead atoms. The zero-order chi connectivity index (χ0) is 9.84. The average molecular weight is 176 g/mol. The van der Waals surface area contributed by atoms with Crippen molar-refractivity contribution in [2.24, 2.45) is 0 Å². The first kappa shape index (κ1) is 9.40. The van der Waals surface area contributed by atoms with Gasteiger partial charge >= 0.3 is 0 Å². The third-order valence-electron chi connectivity index (χ3n) is 1.81. The Balaban J connectivity index is 3.00. The molecule has 3 nitrogen and oxygen atoms in total. The number of hydrogen-bond donors (Lipinski definition) is 0. The Morgan fingerprint density at radius 1 is 1.38 bits per heavy atom. The number of ether oxygens (including phenoxy) is 1. The SMILES string of the molecule is Cc1cc(OC#N)ccc1N(C)C. The van der Waals surface area contributed by atoms with Crippen molar-refractivity contribution in [2.75, 3.05) is 19.0 Å². The molecule has 0 atom stereocenters. The smallest absolute Gasteiger partial charge is 0.292 e. The lowest BCUT2D eigenvalue weighted by Gasteiger charge is -2.15. The number of hydrogen-bond acceptors (Lipinski definition) is 3. The molecule has 0 aliphatic carbocycles. The molecule has 0 N–H and O–H groups in total. The first-order chi connectivity index (χ1) is 6.15. The summed E-state index contributed by atoms with van der Waals surface area (Å²) in [6.07, 6.45) is 1.65. The number of rotatable bonds is 2. The van der Waals surface area contributed by atoms with Crippen LogP contribution in [0.15, 0.2) is 18.2 Å². The fraction of sp³-hybridized carbons (Fsp3) is 0.300. The highest BCUT2D eigenvalue weighted by atomic mass is 16.5. The van der Waals surface area contributed by atoms with Gasteiger partial charge in [0.2, 0.25) is 0 Å². The molecule has 0 radical (unpaired) electrons. The van der Waals surface area contributed by atoms with Gasteiger partial charge in [-0.3, -0.25) is 0 Å². The second-order valence-electron chi connectivity index (χ2n) is 3.04. The second kappa shape index (κ2) is 3.81. The molecule has 0 aliphatic heterocycles. The molecule has 3 heteroatoms. The summed E-state index contributed by atoms with van der Waals surface area (Å²) < 4.78 is 4.71. The molecule has 0 spiro atoms. The van der Waals surface area contributed by atoms with Gasteiger partial charge in [0, 0.05) is 19.8 Å². The van der Waals surface area contributed by atoms with Crippen molar-refractivity contribution in [1.82, 2.24) is 0 Å². The van der Waals surface area contributed by atoms with E-state index >= 15 is 0 Å². The number of nitrogens with zero attached hydrogens (tertiary/aromatic N) is 2. The summed E-state index contributed by atoms with van der Waals surface area (Å²) in [4.78, 5) is 2.02. The molecule has 0 heterocycles. The van der Waals surface area contributed by atoms with Crippen molar-refractivity contribution < 1.29 is 4.74 Å². The van der Waals surface area contributed by atoms with Crippen LogP contribution in [0.3, 0.4) is 0 Å². The molecule has 13 heavy (non-hydrogen) atoms. The molecular formula is C10H12N2O. The van der Waals surface area contributed by atoms with E-state index in [1.54, 1.807) is 12.3 Å². The van der Waals surface area contributed by atoms with Crippen molar-refractivity contribution in [3.8, 4) is 12.0 Å². The van der Waals surface area contributed by atoms with Gasteiger partial charge in [0.05, 0.1) is 0 Å². The monoisotopic (exact) mass is 176 g/mol. The maximum Gasteiger partial charge on any atom is 0.292 e. The standard InChI is InChI=1S/C10H12N2O/c1-8-6-9(13-7-11)4-5-10(8)12(2)3/h4-6H,1-3H3. The minimum atomic E-state index is 0.589. The topological polar surface area (TPSA) is 36.3 Å². The molecule has 0 aliphatic rings. The first-order valence-electron chi connectivity index (χ1n) is 3.99. The van der Waals surface area contributed by atoms with Crippen LogP contribution in [0.4, 0.5) is 5.69 Å². The van der Waals surface area contributed by atoms with Crippen LogP contribution in [0.5, 0.6) is 5.75 Å². The molecule has 1 aromatic carbocycles. The summed E-state index contributed by atoms with van der Waals surface area (Å²) in [5.41, 5.74) is 2.23. The predicted octanol–water partition coefficient (Wildman–Crippen LogP) is 1.92. The fourth-order valence-corrected chi connectivity index (χ4v) is 1.25. The number of nitriles is 1. The highest BCUT2D eigenvalue weighted by molar-refractivity contribution is 5.54. The van der Waals surface area contributed by atoms with E-state index in [0.29, 0.717) is 5.75 Å². The molecule has 0 aromatic heterocycles. The Labute approximate surface area is 78.2 Å². The van der Waals surface area contributed by atoms with Gasteiger partial charge in [-0.1, -0.05) is 0 Å². The van der Waals surface area contributed by atoms with Gasteiger partial charge < -0.3 is 9.64 Å². The van der Waals surface area contributed by atoms with E-state index < -0.39 is 0 Å². The molecule has 68 valence electrons. The van der Waals surface area contributed by atoms with Crippen LogP contribution in [-0.4, -0.2) is 14.1 Å². The normalized spacial score (nSPS) is 9.08. The van der Waals surface area contributed by atoms with E-state index in [-0.39, 0.29) is 0 Å². The third kappa shape index (κ3) is 2.12. The van der Waals surface area contributed by atoms with Crippen LogP contribution < -0.4 is 9.64 Å². The summed E-state index contributed by atoms with van der Waals surface area (Å²) >= 11 is 0. The van der Waals surface area contributed by atoms with Crippen molar-refractivity contribution in [3.05, 3.63) is 23.8 Å². The van der Waals surface area contributed by atoms with Crippen LogP contribution in [-0.2, 0) is 0 Å². The molecule has 0 saturated carbocycles. The van der Waals surface area contributed by atoms with Gasteiger partial charge in [-0.2, -0.15) is 0 Å². The van der Waals surface area contributed by atoms with E-state index in [0.717, 1.165) is 11.3 Å². The summed E-state index contributed by atoms with van der Waals surface area (Å²) in [6, 6.07) is 5.56. The highest BCUT2D eigenvalue weighted by Gasteiger charge is 2.01. The largest absolute Gasteiger partial charge is 0.388 e. The third-order valence-corrected chi connectivity index (χ3v) is 1.81. The molecular weight excluding hydrogens is 164 g/mol. The minimum Gasteiger partial charge on any atom is -0.388 e. The lowest BCUT2D eigenvalue weighted by molar-refractivity contribution is 0.507. The summed E-state index contributed by atoms with van der Waals surface area (Å²) in [5.74, 6) is 0.589. The molecule has 0 unspecified atom stereocenters. The number of benzene rings is 1. The highest BCUT2D eigenvalue weighted by Crippen LogP contribution is 2.22. The van der Waals surface area contributed by atoms with Crippen LogP contribution >= 0.6 is 0 Å². The first-order valence-corrected chi connectivity index (χ1v) is 3.99. The van der Waals surface area contributed by atoms with E-state index in [9.17, 15) is 0 Å². The zero-order valence-corrected chi connectivity index (χ0v) is 8.03. The second-order valence-corrected chi connectivity index (χ2v) is 3.04. The van der Waals surface area contributed by atoms with E-state index in [2.05, 4.69) is 0 Å². The predicted molar refractivity (Wildman–Crippen MR) is 51.7 cm³/mol. The minimum absolute atomic E-state index is 0.589. The Hall–Kier alpha value is -1.69. The van der Waals surface area contributed by atoms with Gasteiger partial charge in [-0.15, -0.1) is 5.26 Å². The zero-order valence-electron chi connectivity index (χ0n) is 8.03. The molecule has 1 aromatic rings. The summed E-state index contributed by atoms with van der Waals surface area (Å²) in [5, 5.41) is 8.31. The van der Waals surface area contributed by atoms with Gasteiger partial charge in [-0.25, -0.2) is 0 Å². The average Bonchev–Trinajstić information content (AvgIpc) is 2.04. The number of aryl methyl sites for hydroxylation is 1. The number of anilines is 1. The van der Waals surface area contributed by atoms with Crippen LogP contribution in [0.25, 0.3) is 0 Å². The Morgan fingerprint density at radius 2 is 2.08 bits per heavy atom. The lowest BCUT2D eigenvalue weighted by atomic mass is 10.2. The molecule has 0 fully saturated rings. The maximum atomic E-state index is 8.31. The molecule has 0 amide bonds. The van der Waals surface area contributed by atoms with Gasteiger partial charge in [0.25, 0.3) is 6.26 Å². The van der Waals surface area contributed by atoms with Crippen LogP contribution in [0, 0.1) is 18.4 Å². The quantitative estimate of drug-likeness (QED) is 0.646. The summed E-state index contributed by atoms with van der Waals surface area (Å²) in [7, 11) is 3.96. The van der Waals surface area contributed by atoms with Crippen molar-refractivity contribution in [1.29, 1.82) is 5.26 Å². The van der Waals surface area contributed by atoms with Crippen LogP contribution in [0.2, 0.25) is 0 Å². The molecule has 0 saturated heterocycles. The van der Waals surface area contributed by atoms with Crippen molar-refractivity contribution >= 4 is 5.69 Å². The maximum absolute atomic E-state index is 8.31. The van der Waals surface area contributed by atoms with E-state index in [1.807, 2.05) is 38.1 Å². The van der Waals surface area contributed by atoms with Gasteiger partial charge in [-0.05, 0) is 30.7 Å². The van der Waals surface area contributed by atoms with Crippen molar-refractivity contribution in [3.63, 3.8) is 0 Å². The fourth-order valence-electron chi connectivity index (χ4n) is 1.25. The van der Waals surface area contributed by atoms with Crippen LogP contribution in [0.1, 0.15) is 5.56 Å². The molecule has 1 rings (SSSR count). The van der Waals surface area contributed by atoms with Gasteiger partial charge in [0.15, 0.2) is 0 Å².